The smallest absolute Gasteiger partial charge is 0.286 e. The summed E-state index contributed by atoms with van der Waals surface area (Å²) in [7, 11) is 0. The molecule has 0 aromatic carbocycles. The molecular formula is C12H19N3O. The molecule has 0 bridgehead atoms. The van der Waals surface area contributed by atoms with Gasteiger partial charge in [0, 0.05) is 6.20 Å². The van der Waals surface area contributed by atoms with E-state index < -0.39 is 0 Å². The van der Waals surface area contributed by atoms with Gasteiger partial charge in [0.15, 0.2) is 0 Å². The Balaban J connectivity index is 2.79. The Morgan fingerprint density at radius 1 is 1.44 bits per heavy atom. The third-order valence-electron chi connectivity index (χ3n) is 2.15. The predicted molar refractivity (Wildman–Crippen MR) is 65.9 cm³/mol. The van der Waals surface area contributed by atoms with Crippen LogP contribution in [0.15, 0.2) is 18.5 Å². The second kappa shape index (κ2) is 4.96. The van der Waals surface area contributed by atoms with Gasteiger partial charge in [0.25, 0.3) is 6.02 Å². The molecule has 0 atom stereocenters. The first kappa shape index (κ1) is 12.5. The van der Waals surface area contributed by atoms with Gasteiger partial charge in [-0.15, -0.1) is 0 Å². The van der Waals surface area contributed by atoms with Crippen LogP contribution in [0.25, 0.3) is 0 Å². The van der Waals surface area contributed by atoms with Gasteiger partial charge >= 0.3 is 0 Å². The van der Waals surface area contributed by atoms with Gasteiger partial charge in [-0.2, -0.15) is 0 Å². The van der Waals surface area contributed by atoms with Crippen LogP contribution in [0.2, 0.25) is 0 Å². The Kier molecular flexibility index (Phi) is 3.88. The van der Waals surface area contributed by atoms with E-state index in [9.17, 15) is 0 Å². The molecule has 0 fully saturated rings. The van der Waals surface area contributed by atoms with Crippen molar-refractivity contribution in [1.29, 1.82) is 5.41 Å². The highest BCUT2D eigenvalue weighted by Crippen LogP contribution is 2.23. The lowest BCUT2D eigenvalue weighted by molar-refractivity contribution is 0.323. The van der Waals surface area contributed by atoms with Gasteiger partial charge < -0.3 is 10.1 Å². The third kappa shape index (κ3) is 3.53. The van der Waals surface area contributed by atoms with Crippen molar-refractivity contribution in [3.63, 3.8) is 0 Å². The molecule has 4 heteroatoms. The Morgan fingerprint density at radius 3 is 2.69 bits per heavy atom. The quantitative estimate of drug-likeness (QED) is 0.596. The maximum atomic E-state index is 7.49. The van der Waals surface area contributed by atoms with Crippen LogP contribution in [0, 0.1) is 5.41 Å². The van der Waals surface area contributed by atoms with Crippen LogP contribution in [0.5, 0.6) is 0 Å². The van der Waals surface area contributed by atoms with Gasteiger partial charge in [-0.1, -0.05) is 20.8 Å². The zero-order valence-corrected chi connectivity index (χ0v) is 10.3. The standard InChI is InChI=1S/C12H19N3O/c1-5-16-11(13)15-10-6-9(7-14-8-10)12(2,3)4/h6-8H,5H2,1-4H3,(H2,13,15). The van der Waals surface area contributed by atoms with E-state index in [4.69, 9.17) is 10.1 Å². The molecule has 1 rings (SSSR count). The van der Waals surface area contributed by atoms with Crippen molar-refractivity contribution in [2.75, 3.05) is 11.9 Å². The highest BCUT2D eigenvalue weighted by atomic mass is 16.5. The number of anilines is 1. The zero-order chi connectivity index (χ0) is 12.2. The Bertz CT molecular complexity index is 369. The molecule has 0 aliphatic rings. The first-order valence-electron chi connectivity index (χ1n) is 5.37. The van der Waals surface area contributed by atoms with Gasteiger partial charge in [0.05, 0.1) is 18.5 Å². The summed E-state index contributed by atoms with van der Waals surface area (Å²) in [6.07, 6.45) is 3.53. The summed E-state index contributed by atoms with van der Waals surface area (Å²) in [5.41, 5.74) is 1.96. The lowest BCUT2D eigenvalue weighted by Gasteiger charge is -2.19. The molecule has 88 valence electrons. The topological polar surface area (TPSA) is 58.0 Å². The molecule has 1 heterocycles. The second-order valence-corrected chi connectivity index (χ2v) is 4.60. The van der Waals surface area contributed by atoms with Gasteiger partial charge in [-0.05, 0) is 24.0 Å². The minimum atomic E-state index is 0.0513. The highest BCUT2D eigenvalue weighted by molar-refractivity contribution is 5.86. The number of nitrogens with zero attached hydrogens (tertiary/aromatic N) is 1. The monoisotopic (exact) mass is 221 g/mol. The maximum Gasteiger partial charge on any atom is 0.286 e. The molecule has 2 N–H and O–H groups in total. The summed E-state index contributed by atoms with van der Waals surface area (Å²) in [5, 5.41) is 10.3. The van der Waals surface area contributed by atoms with Crippen molar-refractivity contribution in [3.8, 4) is 0 Å². The minimum Gasteiger partial charge on any atom is -0.466 e. The molecule has 1 aromatic heterocycles. The van der Waals surface area contributed by atoms with Gasteiger partial charge in [-0.25, -0.2) is 0 Å². The van der Waals surface area contributed by atoms with E-state index in [0.717, 1.165) is 11.3 Å². The minimum absolute atomic E-state index is 0.0513. The zero-order valence-electron chi connectivity index (χ0n) is 10.3. The van der Waals surface area contributed by atoms with E-state index in [2.05, 4.69) is 31.1 Å². The fraction of sp³-hybridized carbons (Fsp3) is 0.500. The van der Waals surface area contributed by atoms with E-state index in [1.54, 1.807) is 6.20 Å². The number of rotatable bonds is 2. The molecule has 0 radical (unpaired) electrons. The number of amidine groups is 1. The van der Waals surface area contributed by atoms with Crippen molar-refractivity contribution in [1.82, 2.24) is 4.98 Å². The summed E-state index contributed by atoms with van der Waals surface area (Å²) < 4.78 is 5.02. The molecule has 0 saturated carbocycles. The number of ether oxygens (including phenoxy) is 1. The van der Waals surface area contributed by atoms with Gasteiger partial charge in [0.2, 0.25) is 0 Å². The predicted octanol–water partition coefficient (Wildman–Crippen LogP) is 2.76. The van der Waals surface area contributed by atoms with Crippen LogP contribution >= 0.6 is 0 Å². The first-order valence-corrected chi connectivity index (χ1v) is 5.37. The van der Waals surface area contributed by atoms with E-state index in [1.165, 1.54) is 0 Å². The average Bonchev–Trinajstić information content (AvgIpc) is 2.17. The number of hydrogen-bond donors (Lipinski definition) is 2. The summed E-state index contributed by atoms with van der Waals surface area (Å²) in [5.74, 6) is 0. The summed E-state index contributed by atoms with van der Waals surface area (Å²) in [6.45, 7) is 8.71. The fourth-order valence-electron chi connectivity index (χ4n) is 1.23. The third-order valence-corrected chi connectivity index (χ3v) is 2.15. The van der Waals surface area contributed by atoms with Crippen LogP contribution in [-0.4, -0.2) is 17.6 Å². The van der Waals surface area contributed by atoms with Crippen LogP contribution in [0.3, 0.4) is 0 Å². The van der Waals surface area contributed by atoms with Gasteiger partial charge in [0.1, 0.15) is 0 Å². The summed E-state index contributed by atoms with van der Waals surface area (Å²) in [6, 6.07) is 2.04. The Morgan fingerprint density at radius 2 is 2.12 bits per heavy atom. The molecule has 4 nitrogen and oxygen atoms in total. The summed E-state index contributed by atoms with van der Waals surface area (Å²) >= 11 is 0. The molecule has 0 unspecified atom stereocenters. The molecule has 0 amide bonds. The summed E-state index contributed by atoms with van der Waals surface area (Å²) in [4.78, 5) is 4.15. The van der Waals surface area contributed by atoms with E-state index in [-0.39, 0.29) is 11.4 Å². The molecule has 0 aliphatic heterocycles. The second-order valence-electron chi connectivity index (χ2n) is 4.60. The molecular weight excluding hydrogens is 202 g/mol. The SMILES string of the molecule is CCOC(=N)Nc1cncc(C(C)(C)C)c1. The molecule has 1 aromatic rings. The Labute approximate surface area is 96.6 Å². The van der Waals surface area contributed by atoms with Crippen molar-refractivity contribution in [2.45, 2.75) is 33.1 Å². The normalized spacial score (nSPS) is 11.0. The van der Waals surface area contributed by atoms with Crippen LogP contribution < -0.4 is 5.32 Å². The van der Waals surface area contributed by atoms with Crippen molar-refractivity contribution >= 4 is 11.7 Å². The maximum absolute atomic E-state index is 7.49. The number of aromatic nitrogens is 1. The average molecular weight is 221 g/mol. The number of nitrogens with one attached hydrogen (secondary N) is 2. The van der Waals surface area contributed by atoms with Crippen LogP contribution in [0.1, 0.15) is 33.3 Å². The van der Waals surface area contributed by atoms with Crippen molar-refractivity contribution in [2.24, 2.45) is 0 Å². The lowest BCUT2D eigenvalue weighted by Crippen LogP contribution is -2.16. The molecule has 0 aliphatic carbocycles. The number of pyridine rings is 1. The lowest BCUT2D eigenvalue weighted by atomic mass is 9.88. The molecule has 0 saturated heterocycles. The molecule has 16 heavy (non-hydrogen) atoms. The number of hydrogen-bond acceptors (Lipinski definition) is 3. The Hall–Kier alpha value is -1.58. The van der Waals surface area contributed by atoms with Crippen LogP contribution in [-0.2, 0) is 10.2 Å². The largest absolute Gasteiger partial charge is 0.466 e. The van der Waals surface area contributed by atoms with E-state index >= 15 is 0 Å². The van der Waals surface area contributed by atoms with Gasteiger partial charge in [-0.3, -0.25) is 10.4 Å². The first-order chi connectivity index (χ1) is 7.43. The molecule has 0 spiro atoms. The highest BCUT2D eigenvalue weighted by Gasteiger charge is 2.14. The van der Waals surface area contributed by atoms with Crippen molar-refractivity contribution < 1.29 is 4.74 Å². The van der Waals surface area contributed by atoms with Crippen molar-refractivity contribution in [3.05, 3.63) is 24.0 Å². The van der Waals surface area contributed by atoms with E-state index in [1.807, 2.05) is 19.2 Å². The van der Waals surface area contributed by atoms with E-state index in [0.29, 0.717) is 6.61 Å². The van der Waals surface area contributed by atoms with Crippen LogP contribution in [0.4, 0.5) is 5.69 Å². The fourth-order valence-corrected chi connectivity index (χ4v) is 1.23.